The Balaban J connectivity index is 2.26. The number of benzene rings is 2. The first-order valence-corrected chi connectivity index (χ1v) is 7.60. The Kier molecular flexibility index (Phi) is 4.45. The molecular formula is C20H15ClO2. The largest absolute Gasteiger partial charge is 0.496 e. The van der Waals surface area contributed by atoms with E-state index >= 15 is 0 Å². The van der Waals surface area contributed by atoms with Gasteiger partial charge in [-0.2, -0.15) is 0 Å². The van der Waals surface area contributed by atoms with E-state index in [0.717, 1.165) is 22.3 Å². The molecule has 0 spiro atoms. The minimum atomic E-state index is -0.0749. The van der Waals surface area contributed by atoms with Crippen molar-refractivity contribution in [3.05, 3.63) is 100 Å². The predicted molar refractivity (Wildman–Crippen MR) is 93.2 cm³/mol. The van der Waals surface area contributed by atoms with E-state index in [-0.39, 0.29) is 5.78 Å². The molecule has 0 saturated heterocycles. The highest BCUT2D eigenvalue weighted by Crippen LogP contribution is 2.33. The lowest BCUT2D eigenvalue weighted by Crippen LogP contribution is -2.05. The number of rotatable bonds is 3. The SMILES string of the molecule is COC1=CC(=O)C=C/C1=C(/c1ccccc1)c1ccc(Cl)cc1. The molecule has 0 atom stereocenters. The van der Waals surface area contributed by atoms with E-state index in [0.29, 0.717) is 10.8 Å². The summed E-state index contributed by atoms with van der Waals surface area (Å²) < 4.78 is 5.43. The third kappa shape index (κ3) is 3.27. The molecule has 0 aliphatic heterocycles. The molecule has 0 heterocycles. The van der Waals surface area contributed by atoms with Crippen molar-refractivity contribution >= 4 is 23.0 Å². The van der Waals surface area contributed by atoms with Crippen LogP contribution in [0.2, 0.25) is 5.02 Å². The number of methoxy groups -OCH3 is 1. The Morgan fingerprint density at radius 2 is 1.57 bits per heavy atom. The second-order valence-corrected chi connectivity index (χ2v) is 5.55. The molecule has 0 radical (unpaired) electrons. The summed E-state index contributed by atoms with van der Waals surface area (Å²) in [6, 6.07) is 17.7. The van der Waals surface area contributed by atoms with Crippen LogP contribution in [0, 0.1) is 0 Å². The van der Waals surface area contributed by atoms with Crippen LogP contribution in [-0.4, -0.2) is 12.9 Å². The number of hydrogen-bond donors (Lipinski definition) is 0. The van der Waals surface area contributed by atoms with Crippen LogP contribution in [0.5, 0.6) is 0 Å². The summed E-state index contributed by atoms with van der Waals surface area (Å²) in [5.41, 5.74) is 3.93. The second kappa shape index (κ2) is 6.67. The maximum atomic E-state index is 11.6. The molecule has 0 N–H and O–H groups in total. The molecule has 3 heteroatoms. The Bertz CT molecular complexity index is 812. The lowest BCUT2D eigenvalue weighted by Gasteiger charge is -2.18. The number of ether oxygens (including phenoxy) is 1. The fourth-order valence-corrected chi connectivity index (χ4v) is 2.70. The van der Waals surface area contributed by atoms with E-state index in [1.807, 2.05) is 54.6 Å². The lowest BCUT2D eigenvalue weighted by atomic mass is 9.90. The normalized spacial score (nSPS) is 16.1. The molecule has 2 aromatic rings. The van der Waals surface area contributed by atoms with Gasteiger partial charge in [-0.3, -0.25) is 4.79 Å². The Morgan fingerprint density at radius 3 is 2.22 bits per heavy atom. The van der Waals surface area contributed by atoms with Gasteiger partial charge in [-0.25, -0.2) is 0 Å². The molecule has 2 aromatic carbocycles. The van der Waals surface area contributed by atoms with Gasteiger partial charge >= 0.3 is 0 Å². The minimum absolute atomic E-state index is 0.0749. The van der Waals surface area contributed by atoms with Crippen LogP contribution in [0.1, 0.15) is 11.1 Å². The maximum absolute atomic E-state index is 11.6. The average Bonchev–Trinajstić information content (AvgIpc) is 2.59. The van der Waals surface area contributed by atoms with E-state index < -0.39 is 0 Å². The van der Waals surface area contributed by atoms with Gasteiger partial charge in [0.25, 0.3) is 0 Å². The highest BCUT2D eigenvalue weighted by atomic mass is 35.5. The molecular weight excluding hydrogens is 308 g/mol. The van der Waals surface area contributed by atoms with Crippen molar-refractivity contribution in [1.82, 2.24) is 0 Å². The number of hydrogen-bond acceptors (Lipinski definition) is 2. The van der Waals surface area contributed by atoms with Crippen LogP contribution in [0.3, 0.4) is 0 Å². The van der Waals surface area contributed by atoms with Crippen LogP contribution in [-0.2, 0) is 9.53 Å². The van der Waals surface area contributed by atoms with Crippen molar-refractivity contribution in [3.63, 3.8) is 0 Å². The highest BCUT2D eigenvalue weighted by molar-refractivity contribution is 6.30. The molecule has 0 aromatic heterocycles. The fourth-order valence-electron chi connectivity index (χ4n) is 2.58. The molecule has 0 bridgehead atoms. The molecule has 3 rings (SSSR count). The summed E-state index contributed by atoms with van der Waals surface area (Å²) in [6.07, 6.45) is 4.86. The summed E-state index contributed by atoms with van der Waals surface area (Å²) in [5, 5.41) is 0.683. The van der Waals surface area contributed by atoms with Gasteiger partial charge in [-0.1, -0.05) is 54.1 Å². The van der Waals surface area contributed by atoms with Crippen LogP contribution < -0.4 is 0 Å². The monoisotopic (exact) mass is 322 g/mol. The summed E-state index contributed by atoms with van der Waals surface area (Å²) in [6.45, 7) is 0. The van der Waals surface area contributed by atoms with E-state index in [1.54, 1.807) is 19.3 Å². The van der Waals surface area contributed by atoms with Crippen LogP contribution in [0.4, 0.5) is 0 Å². The molecule has 2 nitrogen and oxygen atoms in total. The predicted octanol–water partition coefficient (Wildman–Crippen LogP) is 4.81. The van der Waals surface area contributed by atoms with E-state index in [1.165, 1.54) is 6.08 Å². The van der Waals surface area contributed by atoms with Gasteiger partial charge in [0.15, 0.2) is 5.78 Å². The van der Waals surface area contributed by atoms with Crippen molar-refractivity contribution in [3.8, 4) is 0 Å². The van der Waals surface area contributed by atoms with E-state index in [4.69, 9.17) is 16.3 Å². The van der Waals surface area contributed by atoms with Crippen molar-refractivity contribution < 1.29 is 9.53 Å². The fraction of sp³-hybridized carbons (Fsp3) is 0.0500. The first kappa shape index (κ1) is 15.3. The first-order valence-electron chi connectivity index (χ1n) is 7.23. The molecule has 0 amide bonds. The zero-order valence-electron chi connectivity index (χ0n) is 12.6. The number of allylic oxidation sites excluding steroid dienone is 3. The van der Waals surface area contributed by atoms with Gasteiger partial charge in [-0.05, 0) is 41.0 Å². The molecule has 1 aliphatic rings. The zero-order chi connectivity index (χ0) is 16.2. The third-order valence-electron chi connectivity index (χ3n) is 3.64. The van der Waals surface area contributed by atoms with Crippen molar-refractivity contribution in [2.24, 2.45) is 0 Å². The zero-order valence-corrected chi connectivity index (χ0v) is 13.4. The van der Waals surface area contributed by atoms with E-state index in [9.17, 15) is 4.79 Å². The van der Waals surface area contributed by atoms with Crippen LogP contribution in [0.25, 0.3) is 5.57 Å². The first-order chi connectivity index (χ1) is 11.2. The van der Waals surface area contributed by atoms with Gasteiger partial charge < -0.3 is 4.74 Å². The molecule has 0 fully saturated rings. The van der Waals surface area contributed by atoms with Gasteiger partial charge in [0.2, 0.25) is 0 Å². The summed E-state index contributed by atoms with van der Waals surface area (Å²) >= 11 is 6.01. The smallest absolute Gasteiger partial charge is 0.182 e. The van der Waals surface area contributed by atoms with Gasteiger partial charge in [0.05, 0.1) is 7.11 Å². The maximum Gasteiger partial charge on any atom is 0.182 e. The Morgan fingerprint density at radius 1 is 0.913 bits per heavy atom. The van der Waals surface area contributed by atoms with Crippen LogP contribution in [0.15, 0.2) is 84.2 Å². The number of carbonyl (C=O) groups is 1. The van der Waals surface area contributed by atoms with Crippen molar-refractivity contribution in [2.75, 3.05) is 7.11 Å². The Labute approximate surface area is 140 Å². The minimum Gasteiger partial charge on any atom is -0.496 e. The molecule has 23 heavy (non-hydrogen) atoms. The molecule has 114 valence electrons. The van der Waals surface area contributed by atoms with Crippen molar-refractivity contribution in [2.45, 2.75) is 0 Å². The third-order valence-corrected chi connectivity index (χ3v) is 3.89. The van der Waals surface area contributed by atoms with Gasteiger partial charge in [0, 0.05) is 16.7 Å². The van der Waals surface area contributed by atoms with E-state index in [2.05, 4.69) is 0 Å². The molecule has 0 unspecified atom stereocenters. The number of halogens is 1. The van der Waals surface area contributed by atoms with Gasteiger partial charge in [0.1, 0.15) is 5.76 Å². The Hall–Kier alpha value is -2.58. The average molecular weight is 323 g/mol. The lowest BCUT2D eigenvalue weighted by molar-refractivity contribution is -0.110. The quantitative estimate of drug-likeness (QED) is 0.810. The summed E-state index contributed by atoms with van der Waals surface area (Å²) in [7, 11) is 1.57. The summed E-state index contributed by atoms with van der Waals surface area (Å²) in [5.74, 6) is 0.487. The number of carbonyl (C=O) groups excluding carboxylic acids is 1. The topological polar surface area (TPSA) is 26.3 Å². The molecule has 0 saturated carbocycles. The second-order valence-electron chi connectivity index (χ2n) is 5.11. The number of ketones is 1. The van der Waals surface area contributed by atoms with Crippen molar-refractivity contribution in [1.29, 1.82) is 0 Å². The van der Waals surface area contributed by atoms with Gasteiger partial charge in [-0.15, -0.1) is 0 Å². The molecule has 1 aliphatic carbocycles. The van der Waals surface area contributed by atoms with Crippen LogP contribution >= 0.6 is 11.6 Å². The standard InChI is InChI=1S/C20H15ClO2/c1-23-19-13-17(22)11-12-18(19)20(14-5-3-2-4-6-14)15-7-9-16(21)10-8-15/h2-13H,1H3/b20-18+. The summed E-state index contributed by atoms with van der Waals surface area (Å²) in [4.78, 5) is 11.6. The highest BCUT2D eigenvalue weighted by Gasteiger charge is 2.18.